The van der Waals surface area contributed by atoms with Crippen LogP contribution in [0.25, 0.3) is 0 Å². The van der Waals surface area contributed by atoms with Crippen LogP contribution in [-0.4, -0.2) is 37.2 Å². The first-order valence-corrected chi connectivity index (χ1v) is 29.4. The molecule has 6 heteroatoms. The summed E-state index contributed by atoms with van der Waals surface area (Å²) in [5.41, 5.74) is 0. The van der Waals surface area contributed by atoms with Crippen LogP contribution >= 0.6 is 0 Å². The summed E-state index contributed by atoms with van der Waals surface area (Å²) < 4.78 is 16.9. The normalized spacial score (nSPS) is 12.2. The van der Waals surface area contributed by atoms with Crippen LogP contribution in [0.2, 0.25) is 0 Å². The summed E-state index contributed by atoms with van der Waals surface area (Å²) in [5.74, 6) is -0.898. The molecule has 0 atom stereocenters. The molecule has 0 unspecified atom stereocenters. The Bertz CT molecular complexity index is 1220. The number of hydrogen-bond donors (Lipinski definition) is 0. The molecule has 0 aromatic heterocycles. The first kappa shape index (κ1) is 65.8. The third kappa shape index (κ3) is 55.6. The molecule has 0 spiro atoms. The molecule has 6 nitrogen and oxygen atoms in total. The van der Waals surface area contributed by atoms with E-state index in [1.165, 1.54) is 154 Å². The zero-order chi connectivity index (χ0) is 50.0. The van der Waals surface area contributed by atoms with Gasteiger partial charge in [-0.2, -0.15) is 0 Å². The van der Waals surface area contributed by atoms with Crippen LogP contribution in [0.4, 0.5) is 0 Å². The quantitative estimate of drug-likeness (QED) is 0.0262. The van der Waals surface area contributed by atoms with E-state index in [1.807, 2.05) is 0 Å². The molecule has 0 fully saturated rings. The fraction of sp³-hybridized carbons (Fsp3) is 0.762. The molecule has 0 saturated carbocycles. The zero-order valence-electron chi connectivity index (χ0n) is 45.6. The summed E-state index contributed by atoms with van der Waals surface area (Å²) >= 11 is 0. The molecular weight excluding hydrogens is 853 g/mol. The molecule has 0 N–H and O–H groups in total. The SMILES string of the molecule is CCCCC/C=C/C/C=C/CCCCCCCCCC(=O)OCC(COC(=O)CCCCCCCCC/C=C/C/C=C/CCCCC)OC(=O)CCCCCCCCC/C=C/C/C=C/CCCCC. The van der Waals surface area contributed by atoms with Crippen molar-refractivity contribution in [3.63, 3.8) is 0 Å². The van der Waals surface area contributed by atoms with Crippen molar-refractivity contribution >= 4 is 17.9 Å². The van der Waals surface area contributed by atoms with Crippen LogP contribution in [-0.2, 0) is 28.6 Å². The number of rotatable bonds is 53. The molecule has 0 saturated heterocycles. The van der Waals surface area contributed by atoms with E-state index in [4.69, 9.17) is 14.2 Å². The van der Waals surface area contributed by atoms with Gasteiger partial charge in [0.1, 0.15) is 13.2 Å². The molecule has 0 amide bonds. The van der Waals surface area contributed by atoms with Crippen molar-refractivity contribution in [1.82, 2.24) is 0 Å². The van der Waals surface area contributed by atoms with Crippen LogP contribution in [0.1, 0.15) is 290 Å². The molecule has 0 heterocycles. The highest BCUT2D eigenvalue weighted by Gasteiger charge is 2.19. The number of hydrogen-bond acceptors (Lipinski definition) is 6. The van der Waals surface area contributed by atoms with Crippen LogP contribution in [0.3, 0.4) is 0 Å². The topological polar surface area (TPSA) is 78.9 Å². The van der Waals surface area contributed by atoms with E-state index in [9.17, 15) is 14.4 Å². The van der Waals surface area contributed by atoms with Gasteiger partial charge < -0.3 is 14.2 Å². The van der Waals surface area contributed by atoms with E-state index in [0.717, 1.165) is 96.3 Å². The standard InChI is InChI=1S/C63H110O6/c1-4-7-10-13-16-19-22-25-28-31-34-37-40-43-46-49-52-55-61(64)67-58-60(69-63(66)57-54-51-48-45-42-39-36-33-30-27-24-21-18-15-12-9-6-3)59-68-62(65)56-53-50-47-44-41-38-35-32-29-26-23-20-17-14-11-8-5-2/h16-21,25-30,60H,4-15,22-24,31-59H2,1-3H3/b19-16+,20-17+,21-18+,28-25+,29-26+,30-27+. The molecule has 0 radical (unpaired) electrons. The van der Waals surface area contributed by atoms with Crippen LogP contribution in [0.5, 0.6) is 0 Å². The van der Waals surface area contributed by atoms with Gasteiger partial charge in [-0.05, 0) is 116 Å². The van der Waals surface area contributed by atoms with E-state index in [0.29, 0.717) is 19.3 Å². The Kier molecular flexibility index (Phi) is 54.8. The van der Waals surface area contributed by atoms with Gasteiger partial charge in [0.25, 0.3) is 0 Å². The van der Waals surface area contributed by atoms with Crippen LogP contribution < -0.4 is 0 Å². The van der Waals surface area contributed by atoms with Gasteiger partial charge in [0, 0.05) is 19.3 Å². The minimum atomic E-state index is -0.787. The van der Waals surface area contributed by atoms with E-state index in [-0.39, 0.29) is 31.1 Å². The van der Waals surface area contributed by atoms with Gasteiger partial charge in [-0.3, -0.25) is 14.4 Å². The minimum Gasteiger partial charge on any atom is -0.462 e. The Morgan fingerprint density at radius 3 is 0.797 bits per heavy atom. The summed E-state index contributed by atoms with van der Waals surface area (Å²) in [7, 11) is 0. The lowest BCUT2D eigenvalue weighted by Crippen LogP contribution is -2.30. The highest BCUT2D eigenvalue weighted by Crippen LogP contribution is 2.15. The summed E-state index contributed by atoms with van der Waals surface area (Å²) in [6.07, 6.45) is 73.1. The maximum Gasteiger partial charge on any atom is 0.306 e. The van der Waals surface area contributed by atoms with E-state index < -0.39 is 6.10 Å². The van der Waals surface area contributed by atoms with Crippen LogP contribution in [0.15, 0.2) is 72.9 Å². The molecule has 0 aliphatic rings. The summed E-state index contributed by atoms with van der Waals surface area (Å²) in [4.78, 5) is 38.2. The lowest BCUT2D eigenvalue weighted by Gasteiger charge is -2.18. The average molecular weight is 964 g/mol. The fourth-order valence-corrected chi connectivity index (χ4v) is 8.18. The highest BCUT2D eigenvalue weighted by molar-refractivity contribution is 5.71. The third-order valence-electron chi connectivity index (χ3n) is 12.7. The largest absolute Gasteiger partial charge is 0.462 e. The van der Waals surface area contributed by atoms with Crippen molar-refractivity contribution in [2.45, 2.75) is 297 Å². The number of unbranched alkanes of at least 4 members (excludes halogenated alkanes) is 30. The molecule has 0 aliphatic carbocycles. The van der Waals surface area contributed by atoms with Gasteiger partial charge in [0.15, 0.2) is 6.10 Å². The van der Waals surface area contributed by atoms with Gasteiger partial charge in [-0.25, -0.2) is 0 Å². The van der Waals surface area contributed by atoms with E-state index in [1.54, 1.807) is 0 Å². The van der Waals surface area contributed by atoms with Crippen LogP contribution in [0, 0.1) is 0 Å². The Morgan fingerprint density at radius 1 is 0.290 bits per heavy atom. The zero-order valence-corrected chi connectivity index (χ0v) is 45.6. The molecular formula is C63H110O6. The van der Waals surface area contributed by atoms with Crippen molar-refractivity contribution in [2.75, 3.05) is 13.2 Å². The van der Waals surface area contributed by atoms with Crippen molar-refractivity contribution in [3.8, 4) is 0 Å². The van der Waals surface area contributed by atoms with Gasteiger partial charge >= 0.3 is 17.9 Å². The minimum absolute atomic E-state index is 0.0849. The summed E-state index contributed by atoms with van der Waals surface area (Å²) in [6, 6.07) is 0. The van der Waals surface area contributed by atoms with Gasteiger partial charge in [0.05, 0.1) is 0 Å². The predicted octanol–water partition coefficient (Wildman–Crippen LogP) is 19.8. The average Bonchev–Trinajstić information content (AvgIpc) is 3.35. The Morgan fingerprint density at radius 2 is 0.522 bits per heavy atom. The number of carbonyl (C=O) groups is 3. The Hall–Kier alpha value is -3.15. The third-order valence-corrected chi connectivity index (χ3v) is 12.7. The first-order chi connectivity index (χ1) is 34.0. The fourth-order valence-electron chi connectivity index (χ4n) is 8.18. The molecule has 0 bridgehead atoms. The molecule has 398 valence electrons. The molecule has 69 heavy (non-hydrogen) atoms. The Balaban J connectivity index is 4.42. The Labute approximate surface area is 427 Å². The molecule has 0 aromatic carbocycles. The van der Waals surface area contributed by atoms with Crippen molar-refractivity contribution in [2.24, 2.45) is 0 Å². The first-order valence-electron chi connectivity index (χ1n) is 29.4. The summed E-state index contributed by atoms with van der Waals surface area (Å²) in [5, 5.41) is 0. The predicted molar refractivity (Wildman–Crippen MR) is 298 cm³/mol. The second-order valence-corrected chi connectivity index (χ2v) is 19.5. The van der Waals surface area contributed by atoms with E-state index in [2.05, 4.69) is 93.7 Å². The second-order valence-electron chi connectivity index (χ2n) is 19.5. The number of ether oxygens (including phenoxy) is 3. The van der Waals surface area contributed by atoms with Gasteiger partial charge in [-0.1, -0.05) is 229 Å². The van der Waals surface area contributed by atoms with Crippen molar-refractivity contribution < 1.29 is 28.6 Å². The van der Waals surface area contributed by atoms with Gasteiger partial charge in [0.2, 0.25) is 0 Å². The van der Waals surface area contributed by atoms with Crippen molar-refractivity contribution in [1.29, 1.82) is 0 Å². The van der Waals surface area contributed by atoms with E-state index >= 15 is 0 Å². The maximum absolute atomic E-state index is 12.9. The smallest absolute Gasteiger partial charge is 0.306 e. The lowest BCUT2D eigenvalue weighted by molar-refractivity contribution is -0.167. The number of carbonyl (C=O) groups excluding carboxylic acids is 3. The molecule has 0 aromatic rings. The second kappa shape index (κ2) is 57.4. The van der Waals surface area contributed by atoms with Crippen molar-refractivity contribution in [3.05, 3.63) is 72.9 Å². The monoisotopic (exact) mass is 963 g/mol. The number of esters is 3. The summed E-state index contributed by atoms with van der Waals surface area (Å²) in [6.45, 7) is 6.57. The highest BCUT2D eigenvalue weighted by atomic mass is 16.6. The molecule has 0 aliphatic heterocycles. The maximum atomic E-state index is 12.9. The number of allylic oxidation sites excluding steroid dienone is 12. The molecule has 0 rings (SSSR count). The van der Waals surface area contributed by atoms with Gasteiger partial charge in [-0.15, -0.1) is 0 Å². The lowest BCUT2D eigenvalue weighted by atomic mass is 10.1.